The summed E-state index contributed by atoms with van der Waals surface area (Å²) in [5, 5.41) is 0. The van der Waals surface area contributed by atoms with Gasteiger partial charge in [-0.05, 0) is 44.7 Å². The first-order valence-electron chi connectivity index (χ1n) is 6.56. The van der Waals surface area contributed by atoms with Gasteiger partial charge in [-0.3, -0.25) is 4.79 Å². The van der Waals surface area contributed by atoms with Crippen LogP contribution in [0.3, 0.4) is 0 Å². The first-order chi connectivity index (χ1) is 8.50. The van der Waals surface area contributed by atoms with E-state index in [4.69, 9.17) is 0 Å². The number of hydrogen-bond donors (Lipinski definition) is 0. The second kappa shape index (κ2) is 5.09. The van der Waals surface area contributed by atoms with E-state index in [0.717, 1.165) is 25.1 Å². The molecule has 0 spiro atoms. The van der Waals surface area contributed by atoms with Gasteiger partial charge in [-0.25, -0.2) is 4.39 Å². The standard InChI is InChI=1S/C15H20FNO/c1-10-7-8-17(11(2)9-10)14-6-4-5-13(16)15(14)12(3)18/h4-6,10-11H,7-9H2,1-3H3. The van der Waals surface area contributed by atoms with E-state index >= 15 is 0 Å². The molecule has 0 bridgehead atoms. The molecule has 1 aliphatic heterocycles. The zero-order valence-corrected chi connectivity index (χ0v) is 11.2. The predicted molar refractivity (Wildman–Crippen MR) is 71.6 cm³/mol. The molecule has 3 heteroatoms. The lowest BCUT2D eigenvalue weighted by atomic mass is 9.92. The van der Waals surface area contributed by atoms with E-state index in [1.54, 1.807) is 6.07 Å². The van der Waals surface area contributed by atoms with Gasteiger partial charge in [0.25, 0.3) is 0 Å². The van der Waals surface area contributed by atoms with Gasteiger partial charge in [-0.15, -0.1) is 0 Å². The summed E-state index contributed by atoms with van der Waals surface area (Å²) in [5.41, 5.74) is 0.987. The monoisotopic (exact) mass is 249 g/mol. The number of carbonyl (C=O) groups is 1. The fourth-order valence-electron chi connectivity index (χ4n) is 2.87. The summed E-state index contributed by atoms with van der Waals surface area (Å²) in [4.78, 5) is 13.8. The van der Waals surface area contributed by atoms with Crippen LogP contribution in [0.15, 0.2) is 18.2 Å². The summed E-state index contributed by atoms with van der Waals surface area (Å²) < 4.78 is 13.8. The second-order valence-corrected chi connectivity index (χ2v) is 5.36. The third-order valence-electron chi connectivity index (χ3n) is 3.79. The lowest BCUT2D eigenvalue weighted by Gasteiger charge is -2.39. The van der Waals surface area contributed by atoms with Crippen molar-refractivity contribution in [3.63, 3.8) is 0 Å². The molecule has 1 heterocycles. The highest BCUT2D eigenvalue weighted by Gasteiger charge is 2.26. The number of nitrogens with zero attached hydrogens (tertiary/aromatic N) is 1. The van der Waals surface area contributed by atoms with E-state index in [-0.39, 0.29) is 11.3 Å². The molecule has 2 nitrogen and oxygen atoms in total. The van der Waals surface area contributed by atoms with E-state index in [2.05, 4.69) is 18.7 Å². The molecule has 0 aliphatic carbocycles. The van der Waals surface area contributed by atoms with Gasteiger partial charge in [-0.1, -0.05) is 13.0 Å². The fourth-order valence-corrected chi connectivity index (χ4v) is 2.87. The quantitative estimate of drug-likeness (QED) is 0.746. The van der Waals surface area contributed by atoms with Crippen LogP contribution in [0.25, 0.3) is 0 Å². The van der Waals surface area contributed by atoms with Crippen LogP contribution < -0.4 is 4.90 Å². The number of Topliss-reactive ketones (excluding diaryl/α,β-unsaturated/α-hetero) is 1. The van der Waals surface area contributed by atoms with Crippen LogP contribution >= 0.6 is 0 Å². The van der Waals surface area contributed by atoms with Crippen LogP contribution in [-0.4, -0.2) is 18.4 Å². The van der Waals surface area contributed by atoms with Crippen molar-refractivity contribution >= 4 is 11.5 Å². The molecule has 0 saturated carbocycles. The van der Waals surface area contributed by atoms with Crippen molar-refractivity contribution in [3.05, 3.63) is 29.6 Å². The van der Waals surface area contributed by atoms with Crippen molar-refractivity contribution < 1.29 is 9.18 Å². The average Bonchev–Trinajstić information content (AvgIpc) is 2.28. The van der Waals surface area contributed by atoms with Crippen LogP contribution in [0.1, 0.15) is 44.0 Å². The number of halogens is 1. The molecule has 1 aromatic carbocycles. The first-order valence-corrected chi connectivity index (χ1v) is 6.56. The van der Waals surface area contributed by atoms with Gasteiger partial charge in [0, 0.05) is 12.6 Å². The highest BCUT2D eigenvalue weighted by molar-refractivity contribution is 6.00. The molecule has 1 aliphatic rings. The van der Waals surface area contributed by atoms with Crippen molar-refractivity contribution in [2.75, 3.05) is 11.4 Å². The van der Waals surface area contributed by atoms with Gasteiger partial charge in [0.1, 0.15) is 5.82 Å². The number of piperidine rings is 1. The lowest BCUT2D eigenvalue weighted by Crippen LogP contribution is -2.41. The Morgan fingerprint density at radius 2 is 2.11 bits per heavy atom. The van der Waals surface area contributed by atoms with E-state index in [9.17, 15) is 9.18 Å². The largest absolute Gasteiger partial charge is 0.368 e. The Labute approximate surface area is 108 Å². The molecule has 0 radical (unpaired) electrons. The number of ketones is 1. The van der Waals surface area contributed by atoms with E-state index in [1.807, 2.05) is 6.07 Å². The number of anilines is 1. The van der Waals surface area contributed by atoms with Crippen molar-refractivity contribution in [2.24, 2.45) is 5.92 Å². The van der Waals surface area contributed by atoms with Crippen LogP contribution in [0, 0.1) is 11.7 Å². The van der Waals surface area contributed by atoms with Crippen LogP contribution in [0.5, 0.6) is 0 Å². The maximum absolute atomic E-state index is 13.8. The Bertz CT molecular complexity index is 458. The minimum atomic E-state index is -0.411. The summed E-state index contributed by atoms with van der Waals surface area (Å²) in [5.74, 6) is 0.0883. The Kier molecular flexibility index (Phi) is 3.69. The topological polar surface area (TPSA) is 20.3 Å². The van der Waals surface area contributed by atoms with E-state index in [0.29, 0.717) is 12.0 Å². The van der Waals surface area contributed by atoms with Gasteiger partial charge < -0.3 is 4.90 Å². The minimum Gasteiger partial charge on any atom is -0.368 e. The molecule has 0 amide bonds. The molecule has 1 aromatic rings. The van der Waals surface area contributed by atoms with Crippen molar-refractivity contribution in [1.29, 1.82) is 0 Å². The molecule has 2 atom stereocenters. The molecule has 98 valence electrons. The molecule has 0 aromatic heterocycles. The highest BCUT2D eigenvalue weighted by atomic mass is 19.1. The number of rotatable bonds is 2. The Morgan fingerprint density at radius 3 is 2.72 bits per heavy atom. The first kappa shape index (κ1) is 13.1. The Morgan fingerprint density at radius 1 is 1.39 bits per heavy atom. The van der Waals surface area contributed by atoms with Crippen LogP contribution in [0.4, 0.5) is 10.1 Å². The lowest BCUT2D eigenvalue weighted by molar-refractivity contribution is 0.101. The molecule has 18 heavy (non-hydrogen) atoms. The molecule has 0 N–H and O–H groups in total. The van der Waals surface area contributed by atoms with Gasteiger partial charge >= 0.3 is 0 Å². The molecular formula is C15H20FNO. The van der Waals surface area contributed by atoms with Crippen molar-refractivity contribution in [2.45, 2.75) is 39.7 Å². The number of carbonyl (C=O) groups excluding carboxylic acids is 1. The normalized spacial score (nSPS) is 24.1. The summed E-state index contributed by atoms with van der Waals surface area (Å²) >= 11 is 0. The fraction of sp³-hybridized carbons (Fsp3) is 0.533. The van der Waals surface area contributed by atoms with E-state index in [1.165, 1.54) is 13.0 Å². The van der Waals surface area contributed by atoms with Gasteiger partial charge in [0.2, 0.25) is 0 Å². The summed E-state index contributed by atoms with van der Waals surface area (Å²) in [7, 11) is 0. The van der Waals surface area contributed by atoms with Gasteiger partial charge in [-0.2, -0.15) is 0 Å². The molecular weight excluding hydrogens is 229 g/mol. The smallest absolute Gasteiger partial charge is 0.164 e. The summed E-state index contributed by atoms with van der Waals surface area (Å²) in [6.07, 6.45) is 2.19. The molecule has 1 saturated heterocycles. The van der Waals surface area contributed by atoms with Gasteiger partial charge in [0.15, 0.2) is 5.78 Å². The Hall–Kier alpha value is -1.38. The average molecular weight is 249 g/mol. The molecule has 2 unspecified atom stereocenters. The third kappa shape index (κ3) is 2.40. The minimum absolute atomic E-state index is 0.200. The maximum Gasteiger partial charge on any atom is 0.164 e. The SMILES string of the molecule is CC(=O)c1c(F)cccc1N1CCC(C)CC1C. The summed E-state index contributed by atoms with van der Waals surface area (Å²) in [6, 6.07) is 5.25. The maximum atomic E-state index is 13.8. The number of hydrogen-bond acceptors (Lipinski definition) is 2. The van der Waals surface area contributed by atoms with Crippen LogP contribution in [0.2, 0.25) is 0 Å². The Balaban J connectivity index is 2.39. The molecule has 2 rings (SSSR count). The zero-order chi connectivity index (χ0) is 13.3. The van der Waals surface area contributed by atoms with Crippen molar-refractivity contribution in [3.8, 4) is 0 Å². The molecule has 1 fully saturated rings. The number of benzene rings is 1. The zero-order valence-electron chi connectivity index (χ0n) is 11.2. The van der Waals surface area contributed by atoms with Crippen molar-refractivity contribution in [1.82, 2.24) is 0 Å². The third-order valence-corrected chi connectivity index (χ3v) is 3.79. The highest BCUT2D eigenvalue weighted by Crippen LogP contribution is 2.31. The predicted octanol–water partition coefficient (Wildman–Crippen LogP) is 3.65. The van der Waals surface area contributed by atoms with Gasteiger partial charge in [0.05, 0.1) is 11.3 Å². The second-order valence-electron chi connectivity index (χ2n) is 5.36. The van der Waals surface area contributed by atoms with Crippen LogP contribution in [-0.2, 0) is 0 Å². The summed E-state index contributed by atoms with van der Waals surface area (Å²) in [6.45, 7) is 6.71. The van der Waals surface area contributed by atoms with E-state index < -0.39 is 5.82 Å².